The number of ether oxygens (including phenoxy) is 1. The maximum Gasteiger partial charge on any atom is 0.341 e. The van der Waals surface area contributed by atoms with Gasteiger partial charge in [0.15, 0.2) is 5.11 Å². The second-order valence-electron chi connectivity index (χ2n) is 5.48. The van der Waals surface area contributed by atoms with E-state index in [1.807, 2.05) is 0 Å². The zero-order valence-corrected chi connectivity index (χ0v) is 14.5. The molecule has 9 heteroatoms. The summed E-state index contributed by atoms with van der Waals surface area (Å²) in [7, 11) is 1.40. The minimum Gasteiger partial charge on any atom is -0.465 e. The van der Waals surface area contributed by atoms with Crippen molar-refractivity contribution in [3.63, 3.8) is 0 Å². The number of methoxy groups -OCH3 is 1. The smallest absolute Gasteiger partial charge is 0.341 e. The fraction of sp³-hybridized carbons (Fsp3) is 0.429. The summed E-state index contributed by atoms with van der Waals surface area (Å²) in [4.78, 5) is 13.4. The standard InChI is InChI=1S/C14H17N5O2S2/c1-8-3-4-9-10(5-8)23-12(11(9)13(20)21-2)17-14(22)18-19-6-15-16-7-19/h6-8H,3-5H2,1-2H3,(H2,17,18,22)/t8-/m0/s1. The molecule has 1 atom stereocenters. The maximum atomic E-state index is 12.2. The molecule has 3 rings (SSSR count). The number of hydrogen-bond donors (Lipinski definition) is 2. The second kappa shape index (κ2) is 6.63. The second-order valence-corrected chi connectivity index (χ2v) is 7.00. The van der Waals surface area contributed by atoms with Crippen molar-refractivity contribution in [1.29, 1.82) is 0 Å². The molecule has 2 heterocycles. The van der Waals surface area contributed by atoms with E-state index in [-0.39, 0.29) is 5.97 Å². The van der Waals surface area contributed by atoms with Crippen molar-refractivity contribution in [2.75, 3.05) is 17.9 Å². The van der Waals surface area contributed by atoms with E-state index in [1.165, 1.54) is 29.3 Å². The van der Waals surface area contributed by atoms with Crippen LogP contribution in [0.3, 0.4) is 0 Å². The molecule has 0 bridgehead atoms. The van der Waals surface area contributed by atoms with E-state index < -0.39 is 0 Å². The lowest BCUT2D eigenvalue weighted by molar-refractivity contribution is 0.0601. The molecule has 2 aromatic heterocycles. The summed E-state index contributed by atoms with van der Waals surface area (Å²) in [5, 5.41) is 11.6. The highest BCUT2D eigenvalue weighted by Gasteiger charge is 2.28. The van der Waals surface area contributed by atoms with E-state index in [1.54, 1.807) is 11.3 Å². The highest BCUT2D eigenvalue weighted by molar-refractivity contribution is 7.80. The molecule has 1 aliphatic rings. The predicted molar refractivity (Wildman–Crippen MR) is 92.5 cm³/mol. The van der Waals surface area contributed by atoms with Crippen molar-refractivity contribution in [2.45, 2.75) is 26.2 Å². The van der Waals surface area contributed by atoms with Gasteiger partial charge in [-0.15, -0.1) is 21.5 Å². The molecule has 0 radical (unpaired) electrons. The van der Waals surface area contributed by atoms with Crippen LogP contribution < -0.4 is 10.7 Å². The van der Waals surface area contributed by atoms with Gasteiger partial charge in [-0.2, -0.15) is 0 Å². The van der Waals surface area contributed by atoms with Crippen LogP contribution in [-0.2, 0) is 17.6 Å². The Bertz CT molecular complexity index is 726. The lowest BCUT2D eigenvalue weighted by atomic mass is 9.88. The number of thiophene rings is 1. The molecule has 0 aliphatic heterocycles. The van der Waals surface area contributed by atoms with Gasteiger partial charge in [0.05, 0.1) is 12.7 Å². The van der Waals surface area contributed by atoms with Crippen molar-refractivity contribution >= 4 is 39.6 Å². The number of carbonyl (C=O) groups is 1. The molecule has 0 fully saturated rings. The van der Waals surface area contributed by atoms with Gasteiger partial charge in [-0.1, -0.05) is 6.92 Å². The number of carbonyl (C=O) groups excluding carboxylic acids is 1. The molecule has 0 saturated heterocycles. The number of nitrogens with zero attached hydrogens (tertiary/aromatic N) is 3. The van der Waals surface area contributed by atoms with Crippen molar-refractivity contribution in [3.05, 3.63) is 28.7 Å². The molecule has 0 unspecified atom stereocenters. The monoisotopic (exact) mass is 351 g/mol. The van der Waals surface area contributed by atoms with E-state index in [4.69, 9.17) is 17.0 Å². The predicted octanol–water partition coefficient (Wildman–Crippen LogP) is 2.19. The number of fused-ring (bicyclic) bond motifs is 1. The first kappa shape index (κ1) is 15.9. The van der Waals surface area contributed by atoms with E-state index in [9.17, 15) is 4.79 Å². The van der Waals surface area contributed by atoms with Crippen LogP contribution in [0.25, 0.3) is 0 Å². The Morgan fingerprint density at radius 3 is 2.91 bits per heavy atom. The molecule has 2 aromatic rings. The van der Waals surface area contributed by atoms with Crippen molar-refractivity contribution < 1.29 is 9.53 Å². The summed E-state index contributed by atoms with van der Waals surface area (Å²) in [5.41, 5.74) is 4.61. The zero-order chi connectivity index (χ0) is 16.4. The Balaban J connectivity index is 1.85. The van der Waals surface area contributed by atoms with Crippen LogP contribution in [0.2, 0.25) is 0 Å². The van der Waals surface area contributed by atoms with Gasteiger partial charge in [0.1, 0.15) is 17.7 Å². The zero-order valence-electron chi connectivity index (χ0n) is 12.8. The summed E-state index contributed by atoms with van der Waals surface area (Å²) in [6, 6.07) is 0. The number of nitrogens with one attached hydrogen (secondary N) is 2. The Kier molecular flexibility index (Phi) is 4.58. The fourth-order valence-electron chi connectivity index (χ4n) is 2.66. The largest absolute Gasteiger partial charge is 0.465 e. The fourth-order valence-corrected chi connectivity index (χ4v) is 4.34. The highest BCUT2D eigenvalue weighted by Crippen LogP contribution is 2.39. The van der Waals surface area contributed by atoms with E-state index in [2.05, 4.69) is 27.9 Å². The van der Waals surface area contributed by atoms with Gasteiger partial charge >= 0.3 is 5.97 Å². The lowest BCUT2D eigenvalue weighted by Crippen LogP contribution is -2.27. The molecule has 122 valence electrons. The van der Waals surface area contributed by atoms with Crippen LogP contribution in [0.15, 0.2) is 12.7 Å². The summed E-state index contributed by atoms with van der Waals surface area (Å²) < 4.78 is 6.48. The molecule has 7 nitrogen and oxygen atoms in total. The van der Waals surface area contributed by atoms with Crippen LogP contribution in [0.1, 0.15) is 34.1 Å². The Labute approximate surface area is 143 Å². The SMILES string of the molecule is COC(=O)c1c(NC(=S)Nn2cnnc2)sc2c1CC[C@H](C)C2. The number of thiocarbonyl (C=S) groups is 1. The van der Waals surface area contributed by atoms with Crippen LogP contribution in [-0.4, -0.2) is 33.1 Å². The van der Waals surface area contributed by atoms with Crippen molar-refractivity contribution in [2.24, 2.45) is 5.92 Å². The van der Waals surface area contributed by atoms with E-state index in [0.29, 0.717) is 16.6 Å². The van der Waals surface area contributed by atoms with Gasteiger partial charge in [-0.05, 0) is 43.0 Å². The van der Waals surface area contributed by atoms with Crippen LogP contribution in [0, 0.1) is 5.92 Å². The number of anilines is 1. The van der Waals surface area contributed by atoms with Crippen molar-refractivity contribution in [3.8, 4) is 0 Å². The van der Waals surface area contributed by atoms with Gasteiger partial charge in [0.2, 0.25) is 0 Å². The van der Waals surface area contributed by atoms with Gasteiger partial charge in [-0.25, -0.2) is 9.47 Å². The third-order valence-corrected chi connectivity index (χ3v) is 5.14. The summed E-state index contributed by atoms with van der Waals surface area (Å²) in [5.74, 6) is 0.299. The van der Waals surface area contributed by atoms with Gasteiger partial charge < -0.3 is 10.1 Å². The molecular weight excluding hydrogens is 334 g/mol. The first-order valence-electron chi connectivity index (χ1n) is 7.24. The molecule has 2 N–H and O–H groups in total. The number of rotatable bonds is 3. The Morgan fingerprint density at radius 2 is 2.22 bits per heavy atom. The van der Waals surface area contributed by atoms with Crippen molar-refractivity contribution in [1.82, 2.24) is 14.9 Å². The molecular formula is C14H17N5O2S2. The van der Waals surface area contributed by atoms with Crippen LogP contribution >= 0.6 is 23.6 Å². The summed E-state index contributed by atoms with van der Waals surface area (Å²) in [6.07, 6.45) is 5.95. The van der Waals surface area contributed by atoms with Gasteiger partial charge in [0, 0.05) is 4.88 Å². The summed E-state index contributed by atoms with van der Waals surface area (Å²) in [6.45, 7) is 2.23. The lowest BCUT2D eigenvalue weighted by Gasteiger charge is -2.18. The quantitative estimate of drug-likeness (QED) is 0.648. The summed E-state index contributed by atoms with van der Waals surface area (Å²) >= 11 is 6.86. The third kappa shape index (κ3) is 3.35. The van der Waals surface area contributed by atoms with E-state index >= 15 is 0 Å². The minimum absolute atomic E-state index is 0.327. The molecule has 0 aromatic carbocycles. The highest BCUT2D eigenvalue weighted by atomic mass is 32.1. The first-order chi connectivity index (χ1) is 11.1. The minimum atomic E-state index is -0.327. The molecule has 0 spiro atoms. The van der Waals surface area contributed by atoms with Gasteiger partial charge in [-0.3, -0.25) is 5.43 Å². The average molecular weight is 351 g/mol. The average Bonchev–Trinajstić information content (AvgIpc) is 3.13. The third-order valence-electron chi connectivity index (χ3n) is 3.78. The Hall–Kier alpha value is -2.00. The molecule has 0 amide bonds. The van der Waals surface area contributed by atoms with Gasteiger partial charge in [0.25, 0.3) is 0 Å². The molecule has 1 aliphatic carbocycles. The maximum absolute atomic E-state index is 12.2. The number of esters is 1. The van der Waals surface area contributed by atoms with Crippen LogP contribution in [0.5, 0.6) is 0 Å². The molecule has 23 heavy (non-hydrogen) atoms. The van der Waals surface area contributed by atoms with E-state index in [0.717, 1.165) is 29.8 Å². The first-order valence-corrected chi connectivity index (χ1v) is 8.46. The van der Waals surface area contributed by atoms with Crippen LogP contribution in [0.4, 0.5) is 5.00 Å². The number of aromatic nitrogens is 3. The number of hydrogen-bond acceptors (Lipinski definition) is 6. The molecule has 0 saturated carbocycles. The topological polar surface area (TPSA) is 81.1 Å². The Morgan fingerprint density at radius 1 is 1.48 bits per heavy atom. The normalized spacial score (nSPS) is 16.5.